The van der Waals surface area contributed by atoms with Gasteiger partial charge in [-0.2, -0.15) is 26.3 Å². The van der Waals surface area contributed by atoms with Gasteiger partial charge in [0.2, 0.25) is 0 Å². The van der Waals surface area contributed by atoms with E-state index < -0.39 is 58.3 Å². The van der Waals surface area contributed by atoms with Crippen LogP contribution in [0.25, 0.3) is 22.4 Å². The van der Waals surface area contributed by atoms with Crippen molar-refractivity contribution in [2.24, 2.45) is 0 Å². The molecule has 0 atom stereocenters. The SMILES string of the molecule is CCS(=O)(=O)c1cc(C(F)(F)F)cnc1-c1cc2ccc(S(=O)(=O)C(F)(F)F)nc2[nH]1. The molecule has 1 N–H and O–H groups in total. The highest BCUT2D eigenvalue weighted by molar-refractivity contribution is 7.92. The van der Waals surface area contributed by atoms with Crippen LogP contribution < -0.4 is 0 Å². The summed E-state index contributed by atoms with van der Waals surface area (Å²) in [6.07, 6.45) is -4.46. The number of halogens is 6. The van der Waals surface area contributed by atoms with Gasteiger partial charge >= 0.3 is 11.7 Å². The molecule has 168 valence electrons. The van der Waals surface area contributed by atoms with Crippen LogP contribution in [0.5, 0.6) is 0 Å². The summed E-state index contributed by atoms with van der Waals surface area (Å²) in [5.74, 6) is -0.546. The number of hydrogen-bond acceptors (Lipinski definition) is 6. The van der Waals surface area contributed by atoms with Crippen LogP contribution in [0.1, 0.15) is 12.5 Å². The second-order valence-electron chi connectivity index (χ2n) is 6.19. The van der Waals surface area contributed by atoms with E-state index in [0.717, 1.165) is 6.07 Å². The summed E-state index contributed by atoms with van der Waals surface area (Å²) in [6, 6.07) is 3.17. The number of fused-ring (bicyclic) bond motifs is 1. The summed E-state index contributed by atoms with van der Waals surface area (Å²) in [4.78, 5) is 8.66. The van der Waals surface area contributed by atoms with E-state index in [9.17, 15) is 43.2 Å². The number of nitrogens with zero attached hydrogens (tertiary/aromatic N) is 2. The molecule has 0 aliphatic heterocycles. The minimum absolute atomic E-state index is 0.0812. The predicted octanol–water partition coefficient (Wildman–Crippen LogP) is 3.73. The summed E-state index contributed by atoms with van der Waals surface area (Å²) < 4.78 is 125. The van der Waals surface area contributed by atoms with Crippen LogP contribution in [0.3, 0.4) is 0 Å². The van der Waals surface area contributed by atoms with Gasteiger partial charge in [-0.25, -0.2) is 21.8 Å². The van der Waals surface area contributed by atoms with Crippen LogP contribution in [0.4, 0.5) is 26.3 Å². The Morgan fingerprint density at radius 2 is 1.65 bits per heavy atom. The fourth-order valence-corrected chi connectivity index (χ4v) is 4.35. The summed E-state index contributed by atoms with van der Waals surface area (Å²) in [5.41, 5.74) is -7.86. The lowest BCUT2D eigenvalue weighted by Crippen LogP contribution is -2.24. The number of sulfone groups is 2. The van der Waals surface area contributed by atoms with Gasteiger partial charge in [0, 0.05) is 11.6 Å². The van der Waals surface area contributed by atoms with Gasteiger partial charge in [-0.15, -0.1) is 0 Å². The van der Waals surface area contributed by atoms with Crippen LogP contribution in [0.15, 0.2) is 40.4 Å². The molecular weight excluding hydrogens is 476 g/mol. The van der Waals surface area contributed by atoms with Crippen LogP contribution in [0, 0.1) is 0 Å². The molecule has 15 heteroatoms. The van der Waals surface area contributed by atoms with Gasteiger partial charge in [0.15, 0.2) is 14.9 Å². The van der Waals surface area contributed by atoms with Crippen molar-refractivity contribution in [3.05, 3.63) is 36.0 Å². The number of aromatic nitrogens is 3. The largest absolute Gasteiger partial charge is 0.503 e. The molecule has 0 aromatic carbocycles. The second-order valence-corrected chi connectivity index (χ2v) is 10.3. The highest BCUT2D eigenvalue weighted by Gasteiger charge is 2.48. The van der Waals surface area contributed by atoms with Crippen molar-refractivity contribution >= 4 is 30.7 Å². The second kappa shape index (κ2) is 7.19. The minimum atomic E-state index is -5.75. The molecule has 0 aliphatic carbocycles. The molecule has 0 amide bonds. The number of rotatable bonds is 4. The quantitative estimate of drug-likeness (QED) is 0.562. The van der Waals surface area contributed by atoms with Crippen LogP contribution in [-0.2, 0) is 25.9 Å². The third-order valence-electron chi connectivity index (χ3n) is 4.18. The first-order valence-corrected chi connectivity index (χ1v) is 11.3. The maximum atomic E-state index is 13.0. The summed E-state index contributed by atoms with van der Waals surface area (Å²) in [5, 5.41) is -1.22. The lowest BCUT2D eigenvalue weighted by molar-refractivity contribution is -0.138. The van der Waals surface area contributed by atoms with Gasteiger partial charge in [-0.1, -0.05) is 6.92 Å². The van der Waals surface area contributed by atoms with Crippen molar-refractivity contribution in [2.75, 3.05) is 5.75 Å². The number of alkyl halides is 6. The summed E-state index contributed by atoms with van der Waals surface area (Å²) in [6.45, 7) is 1.21. The minimum Gasteiger partial charge on any atom is -0.338 e. The zero-order valence-electron chi connectivity index (χ0n) is 15.2. The average Bonchev–Trinajstić information content (AvgIpc) is 3.09. The maximum Gasteiger partial charge on any atom is 0.503 e. The third-order valence-corrected chi connectivity index (χ3v) is 7.31. The number of H-pyrrole nitrogens is 1. The molecular formula is C16H11F6N3O4S2. The molecule has 7 nitrogen and oxygen atoms in total. The monoisotopic (exact) mass is 487 g/mol. The Hall–Kier alpha value is -2.68. The number of pyridine rings is 2. The molecule has 3 rings (SSSR count). The molecule has 3 aromatic heterocycles. The van der Waals surface area contributed by atoms with Crippen LogP contribution in [-0.4, -0.2) is 43.0 Å². The molecule has 3 heterocycles. The topological polar surface area (TPSA) is 110 Å². The van der Waals surface area contributed by atoms with Gasteiger partial charge in [0.25, 0.3) is 9.84 Å². The fourth-order valence-electron chi connectivity index (χ4n) is 2.58. The molecule has 0 saturated heterocycles. The molecule has 0 bridgehead atoms. The predicted molar refractivity (Wildman–Crippen MR) is 95.3 cm³/mol. The maximum absolute atomic E-state index is 13.0. The Morgan fingerprint density at radius 3 is 2.19 bits per heavy atom. The normalized spacial score (nSPS) is 13.6. The highest BCUT2D eigenvalue weighted by atomic mass is 32.2. The smallest absolute Gasteiger partial charge is 0.338 e. The van der Waals surface area contributed by atoms with Crippen molar-refractivity contribution in [1.29, 1.82) is 0 Å². The van der Waals surface area contributed by atoms with Crippen LogP contribution >= 0.6 is 0 Å². The Labute approximate surface area is 171 Å². The Balaban J connectivity index is 2.23. The van der Waals surface area contributed by atoms with E-state index in [0.29, 0.717) is 18.3 Å². The first-order chi connectivity index (χ1) is 14.1. The molecule has 0 saturated carbocycles. The van der Waals surface area contributed by atoms with Gasteiger partial charge in [-0.3, -0.25) is 4.98 Å². The highest BCUT2D eigenvalue weighted by Crippen LogP contribution is 2.35. The molecule has 0 fully saturated rings. The van der Waals surface area contributed by atoms with Gasteiger partial charge in [0.1, 0.15) is 11.3 Å². The number of aromatic amines is 1. The van der Waals surface area contributed by atoms with Crippen molar-refractivity contribution in [3.8, 4) is 11.4 Å². The summed E-state index contributed by atoms with van der Waals surface area (Å²) >= 11 is 0. The standard InChI is InChI=1S/C16H11F6N3O4S2/c1-2-30(26,27)11-6-9(15(17,18)19)7-23-13(11)10-5-8-3-4-12(25-14(8)24-10)31(28,29)16(20,21)22/h3-7H,2H2,1H3,(H,24,25). The third kappa shape index (κ3) is 4.11. The van der Waals surface area contributed by atoms with E-state index in [1.54, 1.807) is 0 Å². The van der Waals surface area contributed by atoms with Gasteiger partial charge in [0.05, 0.1) is 21.9 Å². The molecule has 0 aliphatic rings. The molecule has 31 heavy (non-hydrogen) atoms. The van der Waals surface area contributed by atoms with E-state index in [2.05, 4.69) is 15.0 Å². The van der Waals surface area contributed by atoms with Gasteiger partial charge < -0.3 is 4.98 Å². The van der Waals surface area contributed by atoms with E-state index in [1.165, 1.54) is 13.0 Å². The van der Waals surface area contributed by atoms with Crippen molar-refractivity contribution in [3.63, 3.8) is 0 Å². The number of nitrogens with one attached hydrogen (secondary N) is 1. The molecule has 0 spiro atoms. The Kier molecular flexibility index (Phi) is 5.33. The van der Waals surface area contributed by atoms with Gasteiger partial charge in [-0.05, 0) is 24.3 Å². The average molecular weight is 487 g/mol. The lowest BCUT2D eigenvalue weighted by Gasteiger charge is -2.11. The van der Waals surface area contributed by atoms with Crippen molar-refractivity contribution < 1.29 is 43.2 Å². The Morgan fingerprint density at radius 1 is 1.00 bits per heavy atom. The first kappa shape index (κ1) is 23.0. The molecule has 0 unspecified atom stereocenters. The van der Waals surface area contributed by atoms with E-state index in [4.69, 9.17) is 0 Å². The first-order valence-electron chi connectivity index (χ1n) is 8.19. The van der Waals surface area contributed by atoms with Crippen LogP contribution in [0.2, 0.25) is 0 Å². The number of hydrogen-bond donors (Lipinski definition) is 1. The van der Waals surface area contributed by atoms with E-state index in [-0.39, 0.29) is 16.7 Å². The Bertz CT molecular complexity index is 1380. The molecule has 0 radical (unpaired) electrons. The fraction of sp³-hybridized carbons (Fsp3) is 0.250. The summed E-state index contributed by atoms with van der Waals surface area (Å²) in [7, 11) is -9.94. The molecule has 3 aromatic rings. The van der Waals surface area contributed by atoms with E-state index >= 15 is 0 Å². The lowest BCUT2D eigenvalue weighted by atomic mass is 10.2. The zero-order chi connectivity index (χ0) is 23.4. The van der Waals surface area contributed by atoms with Crippen molar-refractivity contribution in [1.82, 2.24) is 15.0 Å². The van der Waals surface area contributed by atoms with E-state index in [1.807, 2.05) is 0 Å². The zero-order valence-corrected chi connectivity index (χ0v) is 16.8. The van der Waals surface area contributed by atoms with Crippen molar-refractivity contribution in [2.45, 2.75) is 28.5 Å².